The summed E-state index contributed by atoms with van der Waals surface area (Å²) < 4.78 is 16.6. The van der Waals surface area contributed by atoms with Gasteiger partial charge in [-0.3, -0.25) is 4.99 Å². The quantitative estimate of drug-likeness (QED) is 0.529. The van der Waals surface area contributed by atoms with E-state index in [0.29, 0.717) is 13.2 Å². The van der Waals surface area contributed by atoms with Gasteiger partial charge in [0.1, 0.15) is 0 Å². The molecule has 1 fully saturated rings. The maximum Gasteiger partial charge on any atom is 0.191 e. The van der Waals surface area contributed by atoms with E-state index in [1.165, 1.54) is 5.56 Å². The Labute approximate surface area is 151 Å². The van der Waals surface area contributed by atoms with Crippen LogP contribution >= 0.6 is 0 Å². The number of aliphatic imine (C=N–C) groups is 1. The van der Waals surface area contributed by atoms with Crippen molar-refractivity contribution in [3.63, 3.8) is 0 Å². The molecule has 0 aromatic heterocycles. The first-order valence-corrected chi connectivity index (χ1v) is 9.01. The molecule has 2 N–H and O–H groups in total. The van der Waals surface area contributed by atoms with Gasteiger partial charge in [-0.05, 0) is 38.0 Å². The predicted octanol–water partition coefficient (Wildman–Crippen LogP) is 2.23. The first-order valence-electron chi connectivity index (χ1n) is 9.01. The van der Waals surface area contributed by atoms with Crippen molar-refractivity contribution >= 4 is 5.96 Å². The van der Waals surface area contributed by atoms with Gasteiger partial charge in [0.15, 0.2) is 17.5 Å². The first kappa shape index (κ1) is 19.4. The number of hydrogen-bond donors (Lipinski definition) is 2. The summed E-state index contributed by atoms with van der Waals surface area (Å²) in [5.74, 6) is 2.43. The van der Waals surface area contributed by atoms with Crippen molar-refractivity contribution in [2.24, 2.45) is 10.4 Å². The zero-order chi connectivity index (χ0) is 18.1. The van der Waals surface area contributed by atoms with Gasteiger partial charge in [-0.15, -0.1) is 0 Å². The standard InChI is InChI=1S/C19H31N3O3/c1-5-24-16-8-7-15(11-17(16)25-6-2)9-10-21-18(20-4)22-12-19(3)13-23-14-19/h7-8,11H,5-6,9-10,12-14H2,1-4H3,(H2,20,21,22). The molecular weight excluding hydrogens is 318 g/mol. The fourth-order valence-corrected chi connectivity index (χ4v) is 2.65. The van der Waals surface area contributed by atoms with E-state index in [-0.39, 0.29) is 5.41 Å². The highest BCUT2D eigenvalue weighted by molar-refractivity contribution is 5.79. The molecule has 1 aromatic carbocycles. The van der Waals surface area contributed by atoms with Crippen molar-refractivity contribution in [2.45, 2.75) is 27.2 Å². The molecule has 0 bridgehead atoms. The predicted molar refractivity (Wildman–Crippen MR) is 101 cm³/mol. The second kappa shape index (κ2) is 9.51. The van der Waals surface area contributed by atoms with Crippen LogP contribution in [0.15, 0.2) is 23.2 Å². The average molecular weight is 349 g/mol. The third-order valence-corrected chi connectivity index (χ3v) is 4.12. The molecule has 0 aliphatic carbocycles. The van der Waals surface area contributed by atoms with Crippen LogP contribution in [0.1, 0.15) is 26.3 Å². The minimum atomic E-state index is 0.221. The van der Waals surface area contributed by atoms with Gasteiger partial charge in [0.05, 0.1) is 26.4 Å². The molecule has 1 aromatic rings. The Kier molecular flexibility index (Phi) is 7.37. The zero-order valence-electron chi connectivity index (χ0n) is 15.9. The molecule has 1 saturated heterocycles. The number of hydrogen-bond acceptors (Lipinski definition) is 4. The van der Waals surface area contributed by atoms with Crippen LogP contribution in [0.3, 0.4) is 0 Å². The van der Waals surface area contributed by atoms with Gasteiger partial charge in [0.25, 0.3) is 0 Å². The summed E-state index contributed by atoms with van der Waals surface area (Å²) in [5.41, 5.74) is 1.42. The Hall–Kier alpha value is -1.95. The van der Waals surface area contributed by atoms with Gasteiger partial charge in [-0.1, -0.05) is 13.0 Å². The number of ether oxygens (including phenoxy) is 3. The summed E-state index contributed by atoms with van der Waals surface area (Å²) in [6.07, 6.45) is 0.882. The summed E-state index contributed by atoms with van der Waals surface area (Å²) in [5, 5.41) is 6.73. The fourth-order valence-electron chi connectivity index (χ4n) is 2.65. The topological polar surface area (TPSA) is 64.1 Å². The minimum Gasteiger partial charge on any atom is -0.490 e. The molecule has 1 aliphatic rings. The van der Waals surface area contributed by atoms with Gasteiger partial charge >= 0.3 is 0 Å². The van der Waals surface area contributed by atoms with E-state index in [4.69, 9.17) is 14.2 Å². The Morgan fingerprint density at radius 1 is 1.16 bits per heavy atom. The smallest absolute Gasteiger partial charge is 0.191 e. The summed E-state index contributed by atoms with van der Waals surface area (Å²) in [4.78, 5) is 4.28. The number of nitrogens with zero attached hydrogens (tertiary/aromatic N) is 1. The van der Waals surface area contributed by atoms with Crippen LogP contribution in [-0.2, 0) is 11.2 Å². The Morgan fingerprint density at radius 2 is 1.88 bits per heavy atom. The molecule has 6 heteroatoms. The van der Waals surface area contributed by atoms with Crippen LogP contribution in [0.2, 0.25) is 0 Å². The highest BCUT2D eigenvalue weighted by Crippen LogP contribution is 2.28. The lowest BCUT2D eigenvalue weighted by molar-refractivity contribution is -0.0971. The second-order valence-corrected chi connectivity index (χ2v) is 6.55. The fraction of sp³-hybridized carbons (Fsp3) is 0.632. The van der Waals surface area contributed by atoms with E-state index < -0.39 is 0 Å². The third kappa shape index (κ3) is 5.81. The molecule has 0 radical (unpaired) electrons. The largest absolute Gasteiger partial charge is 0.490 e. The molecule has 140 valence electrons. The number of benzene rings is 1. The monoisotopic (exact) mass is 349 g/mol. The molecule has 25 heavy (non-hydrogen) atoms. The van der Waals surface area contributed by atoms with Crippen LogP contribution in [0, 0.1) is 5.41 Å². The summed E-state index contributed by atoms with van der Waals surface area (Å²) in [6, 6.07) is 6.12. The Morgan fingerprint density at radius 3 is 2.48 bits per heavy atom. The van der Waals surface area contributed by atoms with E-state index in [0.717, 1.165) is 50.2 Å². The van der Waals surface area contributed by atoms with Crippen molar-refractivity contribution in [1.29, 1.82) is 0 Å². The molecule has 0 saturated carbocycles. The van der Waals surface area contributed by atoms with E-state index in [1.54, 1.807) is 7.05 Å². The van der Waals surface area contributed by atoms with Gasteiger partial charge in [0.2, 0.25) is 0 Å². The van der Waals surface area contributed by atoms with Crippen molar-refractivity contribution in [2.75, 3.05) is 46.6 Å². The van der Waals surface area contributed by atoms with Crippen LogP contribution in [-0.4, -0.2) is 52.5 Å². The molecule has 0 unspecified atom stereocenters. The van der Waals surface area contributed by atoms with Crippen molar-refractivity contribution in [1.82, 2.24) is 10.6 Å². The summed E-state index contributed by atoms with van der Waals surface area (Å²) >= 11 is 0. The minimum absolute atomic E-state index is 0.221. The maximum atomic E-state index is 5.68. The molecule has 1 aliphatic heterocycles. The average Bonchev–Trinajstić information content (AvgIpc) is 2.58. The van der Waals surface area contributed by atoms with E-state index in [2.05, 4.69) is 34.7 Å². The molecular formula is C19H31N3O3. The van der Waals surface area contributed by atoms with Gasteiger partial charge in [0, 0.05) is 25.6 Å². The van der Waals surface area contributed by atoms with Crippen molar-refractivity contribution < 1.29 is 14.2 Å². The van der Waals surface area contributed by atoms with Crippen LogP contribution in [0.4, 0.5) is 0 Å². The molecule has 0 atom stereocenters. The van der Waals surface area contributed by atoms with Crippen molar-refractivity contribution in [3.8, 4) is 11.5 Å². The maximum absolute atomic E-state index is 5.68. The molecule has 6 nitrogen and oxygen atoms in total. The van der Waals surface area contributed by atoms with E-state index >= 15 is 0 Å². The third-order valence-electron chi connectivity index (χ3n) is 4.12. The summed E-state index contributed by atoms with van der Waals surface area (Å²) in [7, 11) is 1.79. The van der Waals surface area contributed by atoms with Gasteiger partial charge in [-0.25, -0.2) is 0 Å². The van der Waals surface area contributed by atoms with Gasteiger partial charge < -0.3 is 24.8 Å². The molecule has 2 rings (SSSR count). The number of rotatable bonds is 9. The number of nitrogens with one attached hydrogen (secondary N) is 2. The lowest BCUT2D eigenvalue weighted by Crippen LogP contribution is -2.51. The normalized spacial score (nSPS) is 16.1. The highest BCUT2D eigenvalue weighted by Gasteiger charge is 2.33. The number of guanidine groups is 1. The zero-order valence-corrected chi connectivity index (χ0v) is 15.9. The van der Waals surface area contributed by atoms with Gasteiger partial charge in [-0.2, -0.15) is 0 Å². The van der Waals surface area contributed by atoms with Crippen LogP contribution < -0.4 is 20.1 Å². The van der Waals surface area contributed by atoms with Crippen molar-refractivity contribution in [3.05, 3.63) is 23.8 Å². The molecule has 1 heterocycles. The van der Waals surface area contributed by atoms with E-state index in [1.807, 2.05) is 19.9 Å². The second-order valence-electron chi connectivity index (χ2n) is 6.55. The van der Waals surface area contributed by atoms with Crippen LogP contribution in [0.5, 0.6) is 11.5 Å². The first-order chi connectivity index (χ1) is 12.1. The SMILES string of the molecule is CCOc1ccc(CCNC(=NC)NCC2(C)COC2)cc1OCC. The Bertz CT molecular complexity index is 571. The highest BCUT2D eigenvalue weighted by atomic mass is 16.5. The van der Waals surface area contributed by atoms with Crippen LogP contribution in [0.25, 0.3) is 0 Å². The lowest BCUT2D eigenvalue weighted by atomic mass is 9.89. The lowest BCUT2D eigenvalue weighted by Gasteiger charge is -2.38. The molecule has 0 amide bonds. The summed E-state index contributed by atoms with van der Waals surface area (Å²) in [6.45, 7) is 10.7. The van der Waals surface area contributed by atoms with E-state index in [9.17, 15) is 0 Å². The molecule has 0 spiro atoms. The Balaban J connectivity index is 1.82.